The first kappa shape index (κ1) is 19.8. The number of rotatable bonds is 7. The summed E-state index contributed by atoms with van der Waals surface area (Å²) in [5.74, 6) is 2.07. The Morgan fingerprint density at radius 2 is 1.96 bits per heavy atom. The summed E-state index contributed by atoms with van der Waals surface area (Å²) in [5, 5.41) is 3.21. The second kappa shape index (κ2) is 9.23. The fourth-order valence-corrected chi connectivity index (χ4v) is 3.51. The van der Waals surface area contributed by atoms with Crippen LogP contribution in [-0.2, 0) is 4.79 Å². The zero-order chi connectivity index (χ0) is 18.4. The molecule has 0 radical (unpaired) electrons. The van der Waals surface area contributed by atoms with E-state index in [1.165, 1.54) is 6.42 Å². The van der Waals surface area contributed by atoms with Crippen molar-refractivity contribution in [3.05, 3.63) is 29.3 Å². The summed E-state index contributed by atoms with van der Waals surface area (Å²) < 4.78 is 6.09. The van der Waals surface area contributed by atoms with E-state index in [1.54, 1.807) is 0 Å². The van der Waals surface area contributed by atoms with E-state index in [0.717, 1.165) is 55.3 Å². The van der Waals surface area contributed by atoms with Crippen molar-refractivity contribution < 1.29 is 9.53 Å². The number of aryl methyl sites for hydroxylation is 1. The molecule has 0 bridgehead atoms. The summed E-state index contributed by atoms with van der Waals surface area (Å²) in [6.07, 6.45) is 2.96. The predicted molar refractivity (Wildman–Crippen MR) is 103 cm³/mol. The van der Waals surface area contributed by atoms with Gasteiger partial charge in [0, 0.05) is 13.1 Å². The molecule has 1 unspecified atom stereocenters. The highest BCUT2D eigenvalue weighted by Crippen LogP contribution is 2.29. The van der Waals surface area contributed by atoms with Crippen molar-refractivity contribution in [3.63, 3.8) is 0 Å². The molecule has 0 aromatic heterocycles. The lowest BCUT2D eigenvalue weighted by Crippen LogP contribution is -2.45. The maximum atomic E-state index is 12.8. The number of ether oxygens (including phenoxy) is 1. The number of amides is 1. The van der Waals surface area contributed by atoms with Crippen molar-refractivity contribution in [3.8, 4) is 5.75 Å². The van der Waals surface area contributed by atoms with E-state index < -0.39 is 6.10 Å². The topological polar surface area (TPSA) is 41.6 Å². The highest BCUT2D eigenvalue weighted by atomic mass is 16.5. The van der Waals surface area contributed by atoms with Crippen molar-refractivity contribution >= 4 is 5.91 Å². The van der Waals surface area contributed by atoms with E-state index >= 15 is 0 Å². The first-order chi connectivity index (χ1) is 11.9. The molecule has 4 nitrogen and oxygen atoms in total. The normalized spacial score (nSPS) is 17.0. The lowest BCUT2D eigenvalue weighted by molar-refractivity contribution is -0.139. The zero-order valence-electron chi connectivity index (χ0n) is 16.5. The molecule has 0 aliphatic carbocycles. The van der Waals surface area contributed by atoms with Gasteiger partial charge in [-0.05, 0) is 75.7 Å². The largest absolute Gasteiger partial charge is 0.481 e. The zero-order valence-corrected chi connectivity index (χ0v) is 16.5. The van der Waals surface area contributed by atoms with Gasteiger partial charge in [-0.2, -0.15) is 0 Å². The SMILES string of the molecule is CNCCC1CCN(C(=O)C(C)Oc2cc(C)ccc2C(C)C)CC1. The number of likely N-dealkylation sites (tertiary alicyclic amines) is 1. The number of piperidine rings is 1. The van der Waals surface area contributed by atoms with E-state index in [-0.39, 0.29) is 5.91 Å². The van der Waals surface area contributed by atoms with E-state index in [2.05, 4.69) is 38.2 Å². The van der Waals surface area contributed by atoms with Crippen LogP contribution in [-0.4, -0.2) is 43.6 Å². The molecule has 140 valence electrons. The van der Waals surface area contributed by atoms with Crippen LogP contribution >= 0.6 is 0 Å². The third-order valence-electron chi connectivity index (χ3n) is 5.17. The molecule has 1 aliphatic rings. The van der Waals surface area contributed by atoms with Gasteiger partial charge < -0.3 is 15.0 Å². The Morgan fingerprint density at radius 3 is 2.56 bits per heavy atom. The molecule has 2 rings (SSSR count). The molecule has 1 saturated heterocycles. The maximum Gasteiger partial charge on any atom is 0.263 e. The summed E-state index contributed by atoms with van der Waals surface area (Å²) in [5.41, 5.74) is 2.32. The fraction of sp³-hybridized carbons (Fsp3) is 0.667. The van der Waals surface area contributed by atoms with Crippen LogP contribution in [0.3, 0.4) is 0 Å². The van der Waals surface area contributed by atoms with Crippen LogP contribution in [0, 0.1) is 12.8 Å². The minimum Gasteiger partial charge on any atom is -0.481 e. The highest BCUT2D eigenvalue weighted by molar-refractivity contribution is 5.81. The van der Waals surface area contributed by atoms with Gasteiger partial charge in [-0.3, -0.25) is 4.79 Å². The summed E-state index contributed by atoms with van der Waals surface area (Å²) in [4.78, 5) is 14.8. The van der Waals surface area contributed by atoms with Gasteiger partial charge in [-0.15, -0.1) is 0 Å². The van der Waals surface area contributed by atoms with Crippen LogP contribution in [0.2, 0.25) is 0 Å². The van der Waals surface area contributed by atoms with Crippen molar-refractivity contribution in [2.24, 2.45) is 5.92 Å². The van der Waals surface area contributed by atoms with Crippen molar-refractivity contribution in [2.45, 2.75) is 59.0 Å². The molecule has 1 atom stereocenters. The number of carbonyl (C=O) groups excluding carboxylic acids is 1. The van der Waals surface area contributed by atoms with E-state index in [0.29, 0.717) is 5.92 Å². The van der Waals surface area contributed by atoms with Crippen LogP contribution in [0.25, 0.3) is 0 Å². The monoisotopic (exact) mass is 346 g/mol. The number of nitrogens with one attached hydrogen (secondary N) is 1. The molecule has 1 aromatic rings. The number of nitrogens with zero attached hydrogens (tertiary/aromatic N) is 1. The van der Waals surface area contributed by atoms with Crippen molar-refractivity contribution in [1.82, 2.24) is 10.2 Å². The summed E-state index contributed by atoms with van der Waals surface area (Å²) in [7, 11) is 1.99. The van der Waals surface area contributed by atoms with Gasteiger partial charge in [-0.25, -0.2) is 0 Å². The Morgan fingerprint density at radius 1 is 1.28 bits per heavy atom. The van der Waals surface area contributed by atoms with Gasteiger partial charge in [0.05, 0.1) is 0 Å². The lowest BCUT2D eigenvalue weighted by Gasteiger charge is -2.33. The molecular weight excluding hydrogens is 312 g/mol. The van der Waals surface area contributed by atoms with E-state index in [9.17, 15) is 4.79 Å². The average molecular weight is 347 g/mol. The smallest absolute Gasteiger partial charge is 0.263 e. The van der Waals surface area contributed by atoms with Crippen LogP contribution in [0.15, 0.2) is 18.2 Å². The molecule has 4 heteroatoms. The van der Waals surface area contributed by atoms with Gasteiger partial charge >= 0.3 is 0 Å². The van der Waals surface area contributed by atoms with Crippen LogP contribution in [0.1, 0.15) is 57.1 Å². The second-order valence-electron chi connectivity index (χ2n) is 7.62. The average Bonchev–Trinajstić information content (AvgIpc) is 2.59. The van der Waals surface area contributed by atoms with Gasteiger partial charge in [0.25, 0.3) is 5.91 Å². The predicted octanol–water partition coefficient (Wildman–Crippen LogP) is 3.73. The van der Waals surface area contributed by atoms with E-state index in [4.69, 9.17) is 4.74 Å². The minimum absolute atomic E-state index is 0.114. The molecule has 1 fully saturated rings. The number of benzene rings is 1. The molecule has 1 amide bonds. The molecular formula is C21H34N2O2. The van der Waals surface area contributed by atoms with Crippen LogP contribution < -0.4 is 10.1 Å². The first-order valence-electron chi connectivity index (χ1n) is 9.63. The summed E-state index contributed by atoms with van der Waals surface area (Å²) >= 11 is 0. The maximum absolute atomic E-state index is 12.8. The summed E-state index contributed by atoms with van der Waals surface area (Å²) in [6, 6.07) is 6.26. The Labute approximate surface area is 152 Å². The number of carbonyl (C=O) groups is 1. The Bertz CT molecular complexity index is 563. The highest BCUT2D eigenvalue weighted by Gasteiger charge is 2.27. The standard InChI is InChI=1S/C21H34N2O2/c1-15(2)19-7-6-16(3)14-20(19)25-17(4)21(24)23-12-9-18(10-13-23)8-11-22-5/h6-7,14-15,17-18,22H,8-13H2,1-5H3. The van der Waals surface area contributed by atoms with Gasteiger partial charge in [0.2, 0.25) is 0 Å². The number of hydrogen-bond acceptors (Lipinski definition) is 3. The third kappa shape index (κ3) is 5.46. The fourth-order valence-electron chi connectivity index (χ4n) is 3.51. The first-order valence-corrected chi connectivity index (χ1v) is 9.63. The van der Waals surface area contributed by atoms with Crippen LogP contribution in [0.4, 0.5) is 0 Å². The van der Waals surface area contributed by atoms with Gasteiger partial charge in [0.15, 0.2) is 6.10 Å². The molecule has 1 aliphatic heterocycles. The molecule has 0 saturated carbocycles. The Kier molecular flexibility index (Phi) is 7.30. The molecule has 1 aromatic carbocycles. The Hall–Kier alpha value is -1.55. The molecule has 0 spiro atoms. The Balaban J connectivity index is 1.94. The van der Waals surface area contributed by atoms with Crippen molar-refractivity contribution in [1.29, 1.82) is 0 Å². The van der Waals surface area contributed by atoms with Gasteiger partial charge in [0.1, 0.15) is 5.75 Å². The molecule has 25 heavy (non-hydrogen) atoms. The van der Waals surface area contributed by atoms with E-state index in [1.807, 2.05) is 24.9 Å². The minimum atomic E-state index is -0.437. The van der Waals surface area contributed by atoms with Crippen LogP contribution in [0.5, 0.6) is 5.75 Å². The van der Waals surface area contributed by atoms with Gasteiger partial charge in [-0.1, -0.05) is 26.0 Å². The van der Waals surface area contributed by atoms with Crippen molar-refractivity contribution in [2.75, 3.05) is 26.7 Å². The molecule has 1 heterocycles. The quantitative estimate of drug-likeness (QED) is 0.818. The lowest BCUT2D eigenvalue weighted by atomic mass is 9.93. The second-order valence-corrected chi connectivity index (χ2v) is 7.62. The summed E-state index contributed by atoms with van der Waals surface area (Å²) in [6.45, 7) is 11.0. The third-order valence-corrected chi connectivity index (χ3v) is 5.17. The molecule has 1 N–H and O–H groups in total. The number of hydrogen-bond donors (Lipinski definition) is 1.